The molecule has 29 heavy (non-hydrogen) atoms. The quantitative estimate of drug-likeness (QED) is 0.692. The van der Waals surface area contributed by atoms with Crippen LogP contribution in [0.2, 0.25) is 0 Å². The summed E-state index contributed by atoms with van der Waals surface area (Å²) in [6, 6.07) is 11.9. The molecule has 1 heterocycles. The van der Waals surface area contributed by atoms with E-state index < -0.39 is 21.9 Å². The number of fused-ring (bicyclic) bond motifs is 1. The third-order valence-electron chi connectivity index (χ3n) is 5.05. The molecule has 0 atom stereocenters. The fraction of sp³-hybridized carbons (Fsp3) is 0.250. The summed E-state index contributed by atoms with van der Waals surface area (Å²) in [4.78, 5) is -0.125. The van der Waals surface area contributed by atoms with Crippen LogP contribution in [0.5, 0.6) is 0 Å². The fourth-order valence-corrected chi connectivity index (χ4v) is 4.11. The molecule has 0 saturated carbocycles. The van der Waals surface area contributed by atoms with Gasteiger partial charge in [-0.1, -0.05) is 12.1 Å². The number of sulfonamides is 1. The number of aryl methyl sites for hydroxylation is 2. The fourth-order valence-electron chi connectivity index (χ4n) is 3.59. The highest BCUT2D eigenvalue weighted by Gasteiger charge is 2.35. The number of halogens is 3. The average molecular weight is 421 g/mol. The van der Waals surface area contributed by atoms with Gasteiger partial charge in [-0.05, 0) is 73.2 Å². The maximum atomic E-state index is 13.3. The lowest BCUT2D eigenvalue weighted by atomic mass is 9.90. The smallest absolute Gasteiger partial charge is 0.233 e. The molecule has 2 N–H and O–H groups in total. The molecule has 0 amide bonds. The largest absolute Gasteiger partial charge is 0.435 e. The van der Waals surface area contributed by atoms with Crippen LogP contribution in [0.1, 0.15) is 29.7 Å². The number of benzene rings is 2. The van der Waals surface area contributed by atoms with E-state index in [0.29, 0.717) is 11.3 Å². The number of hydrogen-bond donors (Lipinski definition) is 1. The van der Waals surface area contributed by atoms with Crippen LogP contribution in [-0.4, -0.2) is 18.2 Å². The van der Waals surface area contributed by atoms with Crippen molar-refractivity contribution in [1.82, 2.24) is 9.78 Å². The molecular formula is C20H18F3N3O2S. The predicted octanol–water partition coefficient (Wildman–Crippen LogP) is 4.08. The van der Waals surface area contributed by atoms with E-state index in [-0.39, 0.29) is 10.6 Å². The third kappa shape index (κ3) is 3.92. The number of aromatic nitrogens is 2. The molecule has 9 heteroatoms. The van der Waals surface area contributed by atoms with Gasteiger partial charge in [0.25, 0.3) is 0 Å². The molecule has 0 radical (unpaired) electrons. The summed E-state index contributed by atoms with van der Waals surface area (Å²) < 4.78 is 64.1. The Morgan fingerprint density at radius 1 is 0.931 bits per heavy atom. The Kier molecular flexibility index (Phi) is 4.74. The minimum atomic E-state index is -4.60. The van der Waals surface area contributed by atoms with Gasteiger partial charge >= 0.3 is 6.18 Å². The Hall–Kier alpha value is -2.65. The second kappa shape index (κ2) is 7.00. The van der Waals surface area contributed by atoms with Crippen LogP contribution in [0.15, 0.2) is 53.4 Å². The van der Waals surface area contributed by atoms with E-state index in [1.54, 1.807) is 6.07 Å². The van der Waals surface area contributed by atoms with Crippen LogP contribution in [0, 0.1) is 0 Å². The maximum absolute atomic E-state index is 13.3. The lowest BCUT2D eigenvalue weighted by Crippen LogP contribution is -2.12. The van der Waals surface area contributed by atoms with E-state index >= 15 is 0 Å². The zero-order valence-electron chi connectivity index (χ0n) is 15.3. The first-order valence-corrected chi connectivity index (χ1v) is 10.6. The molecule has 1 aliphatic carbocycles. The summed E-state index contributed by atoms with van der Waals surface area (Å²) in [5, 5.41) is 8.84. The summed E-state index contributed by atoms with van der Waals surface area (Å²) in [6.07, 6.45) is -0.573. The van der Waals surface area contributed by atoms with Gasteiger partial charge in [0.1, 0.15) is 0 Å². The zero-order valence-corrected chi connectivity index (χ0v) is 16.1. The minimum Gasteiger partial charge on any atom is -0.233 e. The van der Waals surface area contributed by atoms with E-state index in [4.69, 9.17) is 5.14 Å². The van der Waals surface area contributed by atoms with Gasteiger partial charge in [0.15, 0.2) is 5.69 Å². The molecule has 0 unspecified atom stereocenters. The number of primary sulfonamides is 1. The summed E-state index contributed by atoms with van der Waals surface area (Å²) in [6.45, 7) is 0. The minimum absolute atomic E-state index is 0.125. The Balaban J connectivity index is 1.85. The van der Waals surface area contributed by atoms with Gasteiger partial charge in [0.05, 0.1) is 16.3 Å². The van der Waals surface area contributed by atoms with Crippen molar-refractivity contribution in [2.45, 2.75) is 36.8 Å². The van der Waals surface area contributed by atoms with Gasteiger partial charge in [0.2, 0.25) is 10.0 Å². The highest BCUT2D eigenvalue weighted by atomic mass is 32.2. The van der Waals surface area contributed by atoms with E-state index in [2.05, 4.69) is 5.10 Å². The van der Waals surface area contributed by atoms with E-state index in [1.165, 1.54) is 34.5 Å². The SMILES string of the molecule is NS(=O)(=O)c1ccc(-n2nc(C(F)(F)F)cc2-c2ccc3c(c2)CCCC3)cc1. The first-order chi connectivity index (χ1) is 13.6. The Morgan fingerprint density at radius 2 is 1.59 bits per heavy atom. The topological polar surface area (TPSA) is 78.0 Å². The van der Waals surface area contributed by atoms with Crippen LogP contribution < -0.4 is 5.14 Å². The van der Waals surface area contributed by atoms with Crippen molar-refractivity contribution < 1.29 is 21.6 Å². The van der Waals surface area contributed by atoms with Crippen molar-refractivity contribution >= 4 is 10.0 Å². The summed E-state index contributed by atoms with van der Waals surface area (Å²) in [5.74, 6) is 0. The summed E-state index contributed by atoms with van der Waals surface area (Å²) in [7, 11) is -3.90. The molecule has 152 valence electrons. The molecule has 0 bridgehead atoms. The van der Waals surface area contributed by atoms with Crippen molar-refractivity contribution in [3.63, 3.8) is 0 Å². The van der Waals surface area contributed by atoms with Gasteiger partial charge in [-0.25, -0.2) is 18.2 Å². The zero-order chi connectivity index (χ0) is 20.8. The molecule has 1 aromatic heterocycles. The van der Waals surface area contributed by atoms with Crippen molar-refractivity contribution in [3.05, 3.63) is 65.4 Å². The normalized spacial score (nSPS) is 14.6. The second-order valence-corrected chi connectivity index (χ2v) is 8.62. The monoisotopic (exact) mass is 421 g/mol. The Bertz CT molecular complexity index is 1170. The van der Waals surface area contributed by atoms with Crippen LogP contribution in [0.4, 0.5) is 13.2 Å². The lowest BCUT2D eigenvalue weighted by Gasteiger charge is -2.17. The molecule has 4 rings (SSSR count). The van der Waals surface area contributed by atoms with Gasteiger partial charge in [-0.3, -0.25) is 0 Å². The molecule has 3 aromatic rings. The number of nitrogens with two attached hydrogens (primary N) is 1. The molecule has 2 aromatic carbocycles. The average Bonchev–Trinajstić information content (AvgIpc) is 3.13. The highest BCUT2D eigenvalue weighted by Crippen LogP contribution is 2.34. The number of alkyl halides is 3. The maximum Gasteiger partial charge on any atom is 0.435 e. The predicted molar refractivity (Wildman–Crippen MR) is 102 cm³/mol. The van der Waals surface area contributed by atoms with E-state index in [9.17, 15) is 21.6 Å². The Morgan fingerprint density at radius 3 is 2.21 bits per heavy atom. The van der Waals surface area contributed by atoms with E-state index in [1.807, 2.05) is 12.1 Å². The molecule has 1 aliphatic rings. The molecule has 0 fully saturated rings. The molecule has 0 saturated heterocycles. The van der Waals surface area contributed by atoms with Gasteiger partial charge in [-0.2, -0.15) is 18.3 Å². The van der Waals surface area contributed by atoms with Crippen molar-refractivity contribution in [2.24, 2.45) is 5.14 Å². The van der Waals surface area contributed by atoms with Gasteiger partial charge < -0.3 is 0 Å². The standard InChI is InChI=1S/C20H18F3N3O2S/c21-20(22,23)19-12-18(15-6-5-13-3-1-2-4-14(13)11-15)26(25-19)16-7-9-17(10-8-16)29(24,27)28/h5-12H,1-4H2,(H2,24,27,28). The molecule has 0 spiro atoms. The molecular weight excluding hydrogens is 403 g/mol. The highest BCUT2D eigenvalue weighted by molar-refractivity contribution is 7.89. The number of nitrogens with zero attached hydrogens (tertiary/aromatic N) is 2. The summed E-state index contributed by atoms with van der Waals surface area (Å²) in [5.41, 5.74) is 2.57. The van der Waals surface area contributed by atoms with Crippen LogP contribution in [0.3, 0.4) is 0 Å². The van der Waals surface area contributed by atoms with Crippen molar-refractivity contribution in [3.8, 4) is 16.9 Å². The van der Waals surface area contributed by atoms with Gasteiger partial charge in [-0.15, -0.1) is 0 Å². The van der Waals surface area contributed by atoms with E-state index in [0.717, 1.165) is 37.3 Å². The third-order valence-corrected chi connectivity index (χ3v) is 5.98. The first kappa shape index (κ1) is 19.7. The Labute approximate surface area is 166 Å². The van der Waals surface area contributed by atoms with Crippen molar-refractivity contribution in [1.29, 1.82) is 0 Å². The molecule has 5 nitrogen and oxygen atoms in total. The van der Waals surface area contributed by atoms with Crippen molar-refractivity contribution in [2.75, 3.05) is 0 Å². The molecule has 0 aliphatic heterocycles. The lowest BCUT2D eigenvalue weighted by molar-refractivity contribution is -0.141. The number of rotatable bonds is 3. The second-order valence-electron chi connectivity index (χ2n) is 7.05. The van der Waals surface area contributed by atoms with Crippen LogP contribution in [0.25, 0.3) is 16.9 Å². The van der Waals surface area contributed by atoms with Crippen LogP contribution in [-0.2, 0) is 29.0 Å². The number of hydrogen-bond acceptors (Lipinski definition) is 3. The van der Waals surface area contributed by atoms with Crippen LogP contribution >= 0.6 is 0 Å². The first-order valence-electron chi connectivity index (χ1n) is 9.05. The van der Waals surface area contributed by atoms with Gasteiger partial charge in [0, 0.05) is 5.56 Å². The summed E-state index contributed by atoms with van der Waals surface area (Å²) >= 11 is 0.